The average molecular weight is 303 g/mol. The number of aromatic nitrogens is 2. The summed E-state index contributed by atoms with van der Waals surface area (Å²) in [6, 6.07) is 0. The van der Waals surface area contributed by atoms with E-state index in [4.69, 9.17) is 17.0 Å². The normalized spacial score (nSPS) is 22.1. The first-order valence-electron chi connectivity index (χ1n) is 5.23. The van der Waals surface area contributed by atoms with Crippen LogP contribution in [0, 0.1) is 10.1 Å². The van der Waals surface area contributed by atoms with Gasteiger partial charge in [0.05, 0.1) is 16.8 Å². The molecule has 1 saturated carbocycles. The number of rotatable bonds is 3. The van der Waals surface area contributed by atoms with Gasteiger partial charge in [0.15, 0.2) is 0 Å². The number of hydrogen-bond donors (Lipinski definition) is 1. The summed E-state index contributed by atoms with van der Waals surface area (Å²) in [6.07, 6.45) is 1.17. The highest BCUT2D eigenvalue weighted by Crippen LogP contribution is 2.57. The fourth-order valence-electron chi connectivity index (χ4n) is 1.87. The molecule has 1 fully saturated rings. The Labute approximate surface area is 109 Å². The van der Waals surface area contributed by atoms with E-state index in [9.17, 15) is 0 Å². The van der Waals surface area contributed by atoms with Crippen molar-refractivity contribution in [3.8, 4) is 0 Å². The lowest BCUT2D eigenvalue weighted by Crippen LogP contribution is -2.03. The summed E-state index contributed by atoms with van der Waals surface area (Å²) in [5.41, 5.74) is 1.32. The van der Waals surface area contributed by atoms with E-state index in [1.165, 1.54) is 6.42 Å². The van der Waals surface area contributed by atoms with E-state index in [0.717, 1.165) is 16.0 Å². The number of H-pyrrole nitrogens is 1. The van der Waals surface area contributed by atoms with Crippen LogP contribution in [0.25, 0.3) is 0 Å². The van der Waals surface area contributed by atoms with Gasteiger partial charge in [0.2, 0.25) is 0 Å². The molecule has 16 heavy (non-hydrogen) atoms. The molecule has 1 unspecified atom stereocenters. The minimum Gasteiger partial charge on any atom is -0.378 e. The Balaban J connectivity index is 2.38. The predicted octanol–water partition coefficient (Wildman–Crippen LogP) is 3.56. The first-order valence-corrected chi connectivity index (χ1v) is 6.43. The zero-order chi connectivity index (χ0) is 11.9. The van der Waals surface area contributed by atoms with Gasteiger partial charge in [-0.25, -0.2) is 4.98 Å². The Morgan fingerprint density at radius 3 is 2.75 bits per heavy atom. The molecule has 0 amide bonds. The van der Waals surface area contributed by atoms with Crippen LogP contribution in [-0.4, -0.2) is 17.1 Å². The predicted molar refractivity (Wildman–Crippen MR) is 69.0 cm³/mol. The summed E-state index contributed by atoms with van der Waals surface area (Å²) >= 11 is 8.67. The third kappa shape index (κ3) is 2.21. The first kappa shape index (κ1) is 12.2. The molecule has 1 aromatic rings. The summed E-state index contributed by atoms with van der Waals surface area (Å²) in [5.74, 6) is 1.49. The fraction of sp³-hybridized carbons (Fsp3) is 0.636. The minimum atomic E-state index is 0.351. The molecule has 0 aliphatic heterocycles. The van der Waals surface area contributed by atoms with Crippen LogP contribution in [0.2, 0.25) is 0 Å². The number of aromatic amines is 1. The SMILES string of the molecule is COCc1[nH]c(C2CC2(C)C)nc(=S)c1Br. The molecule has 2 rings (SSSR count). The number of methoxy groups -OCH3 is 1. The number of nitrogens with zero attached hydrogens (tertiary/aromatic N) is 1. The van der Waals surface area contributed by atoms with Crippen molar-refractivity contribution in [2.24, 2.45) is 5.41 Å². The van der Waals surface area contributed by atoms with Crippen LogP contribution in [0.5, 0.6) is 0 Å². The molecular formula is C11H15BrN2OS. The third-order valence-corrected chi connectivity index (χ3v) is 4.50. The molecule has 1 atom stereocenters. The van der Waals surface area contributed by atoms with E-state index in [0.29, 0.717) is 22.6 Å². The largest absolute Gasteiger partial charge is 0.378 e. The van der Waals surface area contributed by atoms with Crippen molar-refractivity contribution >= 4 is 28.1 Å². The van der Waals surface area contributed by atoms with Gasteiger partial charge in [-0.1, -0.05) is 26.1 Å². The van der Waals surface area contributed by atoms with Gasteiger partial charge in [0, 0.05) is 13.0 Å². The molecule has 88 valence electrons. The van der Waals surface area contributed by atoms with Crippen LogP contribution in [0.15, 0.2) is 4.47 Å². The van der Waals surface area contributed by atoms with Gasteiger partial charge in [-0.15, -0.1) is 0 Å². The van der Waals surface area contributed by atoms with Crippen LogP contribution in [0.4, 0.5) is 0 Å². The molecule has 1 aromatic heterocycles. The van der Waals surface area contributed by atoms with Gasteiger partial charge < -0.3 is 9.72 Å². The monoisotopic (exact) mass is 302 g/mol. The van der Waals surface area contributed by atoms with Crippen molar-refractivity contribution in [2.45, 2.75) is 32.8 Å². The quantitative estimate of drug-likeness (QED) is 0.868. The lowest BCUT2D eigenvalue weighted by atomic mass is 10.1. The van der Waals surface area contributed by atoms with Crippen LogP contribution < -0.4 is 0 Å². The molecule has 3 nitrogen and oxygen atoms in total. The van der Waals surface area contributed by atoms with Crippen LogP contribution >= 0.6 is 28.1 Å². The van der Waals surface area contributed by atoms with E-state index in [2.05, 4.69) is 39.7 Å². The Kier molecular flexibility index (Phi) is 3.20. The Morgan fingerprint density at radius 1 is 1.62 bits per heavy atom. The van der Waals surface area contributed by atoms with Crippen LogP contribution in [-0.2, 0) is 11.3 Å². The zero-order valence-electron chi connectivity index (χ0n) is 9.63. The van der Waals surface area contributed by atoms with Crippen molar-refractivity contribution in [1.29, 1.82) is 0 Å². The summed E-state index contributed by atoms with van der Waals surface area (Å²) in [7, 11) is 1.67. The molecule has 5 heteroatoms. The van der Waals surface area contributed by atoms with Crippen LogP contribution in [0.3, 0.4) is 0 Å². The van der Waals surface area contributed by atoms with Crippen molar-refractivity contribution in [2.75, 3.05) is 7.11 Å². The summed E-state index contributed by atoms with van der Waals surface area (Å²) < 4.78 is 6.59. The first-order chi connectivity index (χ1) is 7.45. The molecule has 1 aliphatic rings. The van der Waals surface area contributed by atoms with E-state index >= 15 is 0 Å². The second kappa shape index (κ2) is 4.20. The summed E-state index contributed by atoms with van der Waals surface area (Å²) in [5, 5.41) is 0. The number of hydrogen-bond acceptors (Lipinski definition) is 3. The van der Waals surface area contributed by atoms with Crippen molar-refractivity contribution in [1.82, 2.24) is 9.97 Å². The van der Waals surface area contributed by atoms with Gasteiger partial charge in [-0.2, -0.15) is 0 Å². The minimum absolute atomic E-state index is 0.351. The topological polar surface area (TPSA) is 37.9 Å². The molecule has 0 bridgehead atoms. The van der Waals surface area contributed by atoms with Crippen LogP contribution in [0.1, 0.15) is 37.7 Å². The van der Waals surface area contributed by atoms with Gasteiger partial charge in [0.25, 0.3) is 0 Å². The molecule has 0 spiro atoms. The van der Waals surface area contributed by atoms with Crippen molar-refractivity contribution in [3.05, 3.63) is 20.6 Å². The molecule has 1 heterocycles. The van der Waals surface area contributed by atoms with E-state index in [-0.39, 0.29) is 0 Å². The summed E-state index contributed by atoms with van der Waals surface area (Å²) in [4.78, 5) is 7.75. The van der Waals surface area contributed by atoms with Gasteiger partial charge in [0.1, 0.15) is 10.5 Å². The van der Waals surface area contributed by atoms with Gasteiger partial charge >= 0.3 is 0 Å². The Morgan fingerprint density at radius 2 is 2.25 bits per heavy atom. The average Bonchev–Trinajstić information content (AvgIpc) is 2.83. The van der Waals surface area contributed by atoms with Gasteiger partial charge in [-0.3, -0.25) is 0 Å². The molecule has 1 aliphatic carbocycles. The fourth-order valence-corrected chi connectivity index (χ4v) is 2.39. The Bertz CT molecular complexity index is 470. The highest BCUT2D eigenvalue weighted by atomic mass is 79.9. The second-order valence-electron chi connectivity index (χ2n) is 4.90. The van der Waals surface area contributed by atoms with Crippen molar-refractivity contribution < 1.29 is 4.74 Å². The maximum atomic E-state index is 5.23. The lowest BCUT2D eigenvalue weighted by molar-refractivity contribution is 0.180. The number of halogens is 1. The smallest absolute Gasteiger partial charge is 0.144 e. The maximum Gasteiger partial charge on any atom is 0.144 e. The molecule has 0 saturated heterocycles. The second-order valence-corrected chi connectivity index (χ2v) is 6.08. The van der Waals surface area contributed by atoms with Crippen molar-refractivity contribution in [3.63, 3.8) is 0 Å². The summed E-state index contributed by atoms with van der Waals surface area (Å²) in [6.45, 7) is 5.01. The lowest BCUT2D eigenvalue weighted by Gasteiger charge is -2.08. The zero-order valence-corrected chi connectivity index (χ0v) is 12.0. The van der Waals surface area contributed by atoms with E-state index in [1.807, 2.05) is 0 Å². The Hall–Kier alpha value is -0.260. The van der Waals surface area contributed by atoms with E-state index in [1.54, 1.807) is 7.11 Å². The standard InChI is InChI=1S/C11H15BrN2OS/c1-11(2)4-6(11)9-13-7(5-15-3)8(12)10(16)14-9/h6H,4-5H2,1-3H3,(H,13,14,16). The molecule has 0 radical (unpaired) electrons. The maximum absolute atomic E-state index is 5.23. The van der Waals surface area contributed by atoms with Gasteiger partial charge in [-0.05, 0) is 27.8 Å². The van der Waals surface area contributed by atoms with E-state index < -0.39 is 0 Å². The third-order valence-electron chi connectivity index (χ3n) is 3.09. The molecule has 0 aromatic carbocycles. The highest BCUT2D eigenvalue weighted by molar-refractivity contribution is 9.10. The highest BCUT2D eigenvalue weighted by Gasteiger charge is 2.48. The molecule has 1 N–H and O–H groups in total. The molecular weight excluding hydrogens is 288 g/mol. The number of nitrogens with one attached hydrogen (secondary N) is 1. The number of ether oxygens (including phenoxy) is 1.